The van der Waals surface area contributed by atoms with Gasteiger partial charge in [0, 0.05) is 17.7 Å². The number of benzene rings is 1. The first kappa shape index (κ1) is 15.7. The van der Waals surface area contributed by atoms with Gasteiger partial charge in [-0.3, -0.25) is 10.4 Å². The molecule has 0 radical (unpaired) electrons. The summed E-state index contributed by atoms with van der Waals surface area (Å²) in [5, 5.41) is 21.6. The second kappa shape index (κ2) is 6.99. The molecule has 0 aliphatic carbocycles. The maximum absolute atomic E-state index is 11.9. The normalized spacial score (nSPS) is 17.4. The number of ether oxygens (including phenoxy) is 1. The number of nitrogens with one attached hydrogen (secondary N) is 3. The Balaban J connectivity index is 1.46. The van der Waals surface area contributed by atoms with Gasteiger partial charge in [-0.2, -0.15) is 5.10 Å². The molecule has 0 bridgehead atoms. The zero-order valence-corrected chi connectivity index (χ0v) is 14.0. The van der Waals surface area contributed by atoms with Crippen LogP contribution >= 0.6 is 11.3 Å². The first-order chi connectivity index (χ1) is 12.3. The van der Waals surface area contributed by atoms with Gasteiger partial charge >= 0.3 is 6.03 Å². The van der Waals surface area contributed by atoms with Crippen molar-refractivity contribution in [2.45, 2.75) is 18.9 Å². The predicted octanol–water partition coefficient (Wildman–Crippen LogP) is 3.25. The Hall–Kier alpha value is -2.78. The van der Waals surface area contributed by atoms with Gasteiger partial charge in [0.15, 0.2) is 0 Å². The molecule has 1 aliphatic rings. The van der Waals surface area contributed by atoms with Crippen LogP contribution in [0, 0.1) is 0 Å². The fraction of sp³-hybridized carbons (Fsp3) is 0.250. The molecule has 8 nitrogen and oxygen atoms in total. The topological polar surface area (TPSA) is 105 Å². The lowest BCUT2D eigenvalue weighted by Gasteiger charge is -2.05. The van der Waals surface area contributed by atoms with E-state index in [9.17, 15) is 4.79 Å². The number of amides is 2. The van der Waals surface area contributed by atoms with Crippen molar-refractivity contribution in [1.29, 1.82) is 0 Å². The smallest absolute Gasteiger partial charge is 0.325 e. The maximum atomic E-state index is 11.9. The number of hydrogen-bond donors (Lipinski definition) is 3. The third-order valence-corrected chi connectivity index (χ3v) is 4.47. The van der Waals surface area contributed by atoms with E-state index in [1.54, 1.807) is 5.51 Å². The van der Waals surface area contributed by atoms with E-state index in [1.807, 2.05) is 30.4 Å². The Labute approximate surface area is 147 Å². The van der Waals surface area contributed by atoms with Crippen LogP contribution in [0.3, 0.4) is 0 Å². The van der Waals surface area contributed by atoms with E-state index in [4.69, 9.17) is 4.74 Å². The van der Waals surface area contributed by atoms with Crippen molar-refractivity contribution in [3.8, 4) is 0 Å². The number of urea groups is 1. The molecule has 2 aromatic heterocycles. The van der Waals surface area contributed by atoms with Crippen molar-refractivity contribution in [2.75, 3.05) is 17.2 Å². The third kappa shape index (κ3) is 3.67. The lowest BCUT2D eigenvalue weighted by molar-refractivity contribution is 0.146. The SMILES string of the molecule is O=C(Nc1ccc2c(/C=C/C3CCCO3)n[nH]c2c1)Nc1nncs1. The van der Waals surface area contributed by atoms with E-state index in [2.05, 4.69) is 31.0 Å². The largest absolute Gasteiger partial charge is 0.374 e. The lowest BCUT2D eigenvalue weighted by Crippen LogP contribution is -2.19. The number of carbonyl (C=O) groups excluding carboxylic acids is 1. The van der Waals surface area contributed by atoms with Crippen LogP contribution in [0.1, 0.15) is 18.5 Å². The van der Waals surface area contributed by atoms with Gasteiger partial charge < -0.3 is 10.1 Å². The summed E-state index contributed by atoms with van der Waals surface area (Å²) in [4.78, 5) is 11.9. The number of rotatable bonds is 4. The van der Waals surface area contributed by atoms with Gasteiger partial charge in [-0.1, -0.05) is 17.4 Å². The first-order valence-electron chi connectivity index (χ1n) is 7.90. The van der Waals surface area contributed by atoms with Crippen LogP contribution < -0.4 is 10.6 Å². The van der Waals surface area contributed by atoms with Crippen molar-refractivity contribution in [3.05, 3.63) is 35.5 Å². The van der Waals surface area contributed by atoms with Crippen LogP contribution in [0.15, 0.2) is 29.8 Å². The fourth-order valence-corrected chi connectivity index (χ4v) is 3.13. The number of carbonyl (C=O) groups is 1. The van der Waals surface area contributed by atoms with Crippen LogP contribution in [0.2, 0.25) is 0 Å². The monoisotopic (exact) mass is 356 g/mol. The van der Waals surface area contributed by atoms with Crippen molar-refractivity contribution in [2.24, 2.45) is 0 Å². The van der Waals surface area contributed by atoms with Gasteiger partial charge in [0.05, 0.1) is 17.3 Å². The Kier molecular flexibility index (Phi) is 4.40. The molecule has 1 aliphatic heterocycles. The Bertz CT molecular complexity index is 899. The molecular weight excluding hydrogens is 340 g/mol. The van der Waals surface area contributed by atoms with Crippen LogP contribution in [0.5, 0.6) is 0 Å². The van der Waals surface area contributed by atoms with Gasteiger partial charge in [-0.25, -0.2) is 4.79 Å². The van der Waals surface area contributed by atoms with Crippen molar-refractivity contribution in [1.82, 2.24) is 20.4 Å². The molecule has 2 amide bonds. The molecule has 3 heterocycles. The van der Waals surface area contributed by atoms with Gasteiger partial charge in [0.25, 0.3) is 0 Å². The molecule has 0 saturated carbocycles. The predicted molar refractivity (Wildman–Crippen MR) is 96.7 cm³/mol. The minimum Gasteiger partial charge on any atom is -0.374 e. The summed E-state index contributed by atoms with van der Waals surface area (Å²) in [7, 11) is 0. The molecule has 4 rings (SSSR count). The zero-order valence-electron chi connectivity index (χ0n) is 13.2. The highest BCUT2D eigenvalue weighted by molar-refractivity contribution is 7.13. The number of aromatic nitrogens is 4. The van der Waals surface area contributed by atoms with Crippen molar-refractivity contribution >= 4 is 45.2 Å². The second-order valence-electron chi connectivity index (χ2n) is 5.60. The Morgan fingerprint density at radius 2 is 2.36 bits per heavy atom. The minimum absolute atomic E-state index is 0.178. The summed E-state index contributed by atoms with van der Waals surface area (Å²) in [6.07, 6.45) is 6.35. The molecule has 9 heteroatoms. The highest BCUT2D eigenvalue weighted by Crippen LogP contribution is 2.22. The number of fused-ring (bicyclic) bond motifs is 1. The molecule has 1 fully saturated rings. The van der Waals surface area contributed by atoms with Gasteiger partial charge in [-0.15, -0.1) is 10.2 Å². The van der Waals surface area contributed by atoms with E-state index in [0.29, 0.717) is 10.8 Å². The molecule has 1 saturated heterocycles. The Morgan fingerprint density at radius 3 is 3.16 bits per heavy atom. The fourth-order valence-electron chi connectivity index (χ4n) is 2.69. The number of aromatic amines is 1. The van der Waals surface area contributed by atoms with Crippen molar-refractivity contribution < 1.29 is 9.53 Å². The van der Waals surface area contributed by atoms with E-state index in [0.717, 1.165) is 36.0 Å². The third-order valence-electron chi connectivity index (χ3n) is 3.86. The number of anilines is 2. The Morgan fingerprint density at radius 1 is 1.40 bits per heavy atom. The number of nitrogens with zero attached hydrogens (tertiary/aromatic N) is 3. The van der Waals surface area contributed by atoms with Crippen LogP contribution in [-0.4, -0.2) is 39.1 Å². The van der Waals surface area contributed by atoms with E-state index >= 15 is 0 Å². The standard InChI is InChI=1S/C16H16N6O2S/c23-15(19-16-22-17-9-25-16)18-10-3-5-12-13(20-21-14(12)8-10)6-4-11-2-1-7-24-11/h3-6,8-9,11H,1-2,7H2,(H,20,21)(H2,18,19,22,23)/b6-4+. The second-order valence-corrected chi connectivity index (χ2v) is 6.44. The van der Waals surface area contributed by atoms with Gasteiger partial charge in [-0.05, 0) is 37.1 Å². The molecular formula is C16H16N6O2S. The number of hydrogen-bond acceptors (Lipinski definition) is 6. The van der Waals surface area contributed by atoms with Crippen LogP contribution in [0.25, 0.3) is 17.0 Å². The minimum atomic E-state index is -0.367. The highest BCUT2D eigenvalue weighted by atomic mass is 32.1. The zero-order chi connectivity index (χ0) is 17.1. The molecule has 3 N–H and O–H groups in total. The van der Waals surface area contributed by atoms with E-state index < -0.39 is 0 Å². The molecule has 1 atom stereocenters. The van der Waals surface area contributed by atoms with Crippen LogP contribution in [-0.2, 0) is 4.74 Å². The first-order valence-corrected chi connectivity index (χ1v) is 8.78. The number of H-pyrrole nitrogens is 1. The van der Waals surface area contributed by atoms with E-state index in [-0.39, 0.29) is 12.1 Å². The molecule has 3 aromatic rings. The molecule has 128 valence electrons. The quantitative estimate of drug-likeness (QED) is 0.665. The summed E-state index contributed by atoms with van der Waals surface area (Å²) < 4.78 is 5.58. The maximum Gasteiger partial charge on any atom is 0.325 e. The average molecular weight is 356 g/mol. The van der Waals surface area contributed by atoms with Gasteiger partial charge in [0.2, 0.25) is 5.13 Å². The molecule has 0 spiro atoms. The highest BCUT2D eigenvalue weighted by Gasteiger charge is 2.12. The average Bonchev–Trinajstić information content (AvgIpc) is 3.34. The molecule has 1 unspecified atom stereocenters. The summed E-state index contributed by atoms with van der Waals surface area (Å²) in [5.41, 5.74) is 3.92. The summed E-state index contributed by atoms with van der Waals surface area (Å²) in [6.45, 7) is 0.824. The van der Waals surface area contributed by atoms with Gasteiger partial charge in [0.1, 0.15) is 5.51 Å². The van der Waals surface area contributed by atoms with Crippen LogP contribution in [0.4, 0.5) is 15.6 Å². The molecule has 25 heavy (non-hydrogen) atoms. The summed E-state index contributed by atoms with van der Waals surface area (Å²) >= 11 is 1.26. The molecule has 1 aromatic carbocycles. The van der Waals surface area contributed by atoms with E-state index in [1.165, 1.54) is 11.3 Å². The van der Waals surface area contributed by atoms with Crippen molar-refractivity contribution in [3.63, 3.8) is 0 Å². The summed E-state index contributed by atoms with van der Waals surface area (Å²) in [6, 6.07) is 5.23. The lowest BCUT2D eigenvalue weighted by atomic mass is 10.1. The summed E-state index contributed by atoms with van der Waals surface area (Å²) in [5.74, 6) is 0.